The van der Waals surface area contributed by atoms with Crippen molar-refractivity contribution in [1.29, 1.82) is 5.26 Å². The van der Waals surface area contributed by atoms with Crippen molar-refractivity contribution < 1.29 is 4.79 Å². The number of nitrogens with zero attached hydrogens (tertiary/aromatic N) is 4. The second kappa shape index (κ2) is 6.49. The molecule has 5 heteroatoms. The molecule has 1 saturated heterocycles. The molecule has 0 radical (unpaired) electrons. The van der Waals surface area contributed by atoms with Crippen molar-refractivity contribution in [3.05, 3.63) is 29.6 Å². The quantitative estimate of drug-likeness (QED) is 0.835. The fraction of sp³-hybridized carbons (Fsp3) is 0.533. The molecule has 1 aliphatic rings. The summed E-state index contributed by atoms with van der Waals surface area (Å²) in [5.74, 6) is 0.0419. The highest BCUT2D eigenvalue weighted by atomic mass is 16.2. The molecular formula is C15H20N4O. The van der Waals surface area contributed by atoms with E-state index in [1.807, 2.05) is 24.8 Å². The standard InChI is InChI=1S/C15H20N4O/c1-3-13(11-16)18-7-9-19(10-8-18)15(20)14-5-4-6-17-12(14)2/h4-6,13H,3,7-10H2,1-2H3. The molecule has 1 aliphatic heterocycles. The van der Waals surface area contributed by atoms with E-state index in [2.05, 4.69) is 16.0 Å². The lowest BCUT2D eigenvalue weighted by Crippen LogP contribution is -2.51. The number of rotatable bonds is 3. The molecule has 2 heterocycles. The van der Waals surface area contributed by atoms with Gasteiger partial charge in [0.1, 0.15) is 0 Å². The van der Waals surface area contributed by atoms with Gasteiger partial charge in [-0.15, -0.1) is 0 Å². The molecular weight excluding hydrogens is 252 g/mol. The first-order valence-corrected chi connectivity index (χ1v) is 7.02. The molecule has 0 spiro atoms. The SMILES string of the molecule is CCC(C#N)N1CCN(C(=O)c2cccnc2C)CC1. The maximum absolute atomic E-state index is 12.4. The van der Waals surface area contributed by atoms with Gasteiger partial charge in [-0.2, -0.15) is 5.26 Å². The van der Waals surface area contributed by atoms with Crippen molar-refractivity contribution in [3.8, 4) is 6.07 Å². The second-order valence-electron chi connectivity index (χ2n) is 5.02. The van der Waals surface area contributed by atoms with Crippen molar-refractivity contribution in [2.75, 3.05) is 26.2 Å². The number of carbonyl (C=O) groups is 1. The number of aromatic nitrogens is 1. The lowest BCUT2D eigenvalue weighted by atomic mass is 10.1. The number of aryl methyl sites for hydroxylation is 1. The maximum Gasteiger partial charge on any atom is 0.255 e. The van der Waals surface area contributed by atoms with Crippen molar-refractivity contribution in [3.63, 3.8) is 0 Å². The van der Waals surface area contributed by atoms with E-state index in [1.54, 1.807) is 12.3 Å². The van der Waals surface area contributed by atoms with Crippen molar-refractivity contribution in [1.82, 2.24) is 14.8 Å². The lowest BCUT2D eigenvalue weighted by molar-refractivity contribution is 0.0603. The first-order chi connectivity index (χ1) is 9.67. The summed E-state index contributed by atoms with van der Waals surface area (Å²) >= 11 is 0. The van der Waals surface area contributed by atoms with Crippen LogP contribution in [0.2, 0.25) is 0 Å². The summed E-state index contributed by atoms with van der Waals surface area (Å²) in [6.45, 7) is 6.74. The molecule has 0 bridgehead atoms. The Bertz CT molecular complexity index is 515. The Hall–Kier alpha value is -1.93. The number of hydrogen-bond acceptors (Lipinski definition) is 4. The number of pyridine rings is 1. The van der Waals surface area contributed by atoms with Crippen LogP contribution in [0.1, 0.15) is 29.4 Å². The van der Waals surface area contributed by atoms with Gasteiger partial charge in [0, 0.05) is 38.1 Å². The van der Waals surface area contributed by atoms with Crippen LogP contribution in [0.25, 0.3) is 0 Å². The van der Waals surface area contributed by atoms with Crippen LogP contribution in [-0.2, 0) is 0 Å². The van der Waals surface area contributed by atoms with E-state index in [9.17, 15) is 4.79 Å². The van der Waals surface area contributed by atoms with E-state index in [0.717, 1.165) is 25.2 Å². The molecule has 1 amide bonds. The average molecular weight is 272 g/mol. The van der Waals surface area contributed by atoms with E-state index < -0.39 is 0 Å². The zero-order chi connectivity index (χ0) is 14.5. The molecule has 106 valence electrons. The Morgan fingerprint density at radius 3 is 2.70 bits per heavy atom. The highest BCUT2D eigenvalue weighted by molar-refractivity contribution is 5.95. The molecule has 0 aliphatic carbocycles. The predicted molar refractivity (Wildman–Crippen MR) is 76.1 cm³/mol. The van der Waals surface area contributed by atoms with Gasteiger partial charge in [-0.25, -0.2) is 0 Å². The number of nitriles is 1. The summed E-state index contributed by atoms with van der Waals surface area (Å²) in [5, 5.41) is 9.09. The molecule has 0 aromatic carbocycles. The normalized spacial score (nSPS) is 17.6. The van der Waals surface area contributed by atoms with Gasteiger partial charge in [-0.1, -0.05) is 6.92 Å². The fourth-order valence-corrected chi connectivity index (χ4v) is 2.55. The highest BCUT2D eigenvalue weighted by Gasteiger charge is 2.26. The van der Waals surface area contributed by atoms with Crippen molar-refractivity contribution in [2.24, 2.45) is 0 Å². The third-order valence-corrected chi connectivity index (χ3v) is 3.82. The van der Waals surface area contributed by atoms with Crippen LogP contribution in [0.3, 0.4) is 0 Å². The van der Waals surface area contributed by atoms with E-state index in [0.29, 0.717) is 18.7 Å². The summed E-state index contributed by atoms with van der Waals surface area (Å²) in [6.07, 6.45) is 2.52. The molecule has 20 heavy (non-hydrogen) atoms. The van der Waals surface area contributed by atoms with E-state index >= 15 is 0 Å². The van der Waals surface area contributed by atoms with Crippen molar-refractivity contribution >= 4 is 5.91 Å². The zero-order valence-corrected chi connectivity index (χ0v) is 12.0. The van der Waals surface area contributed by atoms with Crippen LogP contribution in [0.4, 0.5) is 0 Å². The topological polar surface area (TPSA) is 60.2 Å². The van der Waals surface area contributed by atoms with E-state index in [1.165, 1.54) is 0 Å². The zero-order valence-electron chi connectivity index (χ0n) is 12.0. The molecule has 0 N–H and O–H groups in total. The minimum atomic E-state index is -0.0348. The first kappa shape index (κ1) is 14.5. The van der Waals surface area contributed by atoms with Crippen LogP contribution >= 0.6 is 0 Å². The second-order valence-corrected chi connectivity index (χ2v) is 5.02. The number of carbonyl (C=O) groups excluding carboxylic acids is 1. The first-order valence-electron chi connectivity index (χ1n) is 7.02. The van der Waals surface area contributed by atoms with Crippen LogP contribution in [0.15, 0.2) is 18.3 Å². The van der Waals surface area contributed by atoms with Gasteiger partial charge >= 0.3 is 0 Å². The Kier molecular flexibility index (Phi) is 4.70. The predicted octanol–water partition coefficient (Wildman–Crippen LogP) is 1.45. The summed E-state index contributed by atoms with van der Waals surface area (Å²) in [5.41, 5.74) is 1.44. The van der Waals surface area contributed by atoms with Gasteiger partial charge in [0.05, 0.1) is 17.7 Å². The van der Waals surface area contributed by atoms with Crippen LogP contribution < -0.4 is 0 Å². The lowest BCUT2D eigenvalue weighted by Gasteiger charge is -2.36. The third-order valence-electron chi connectivity index (χ3n) is 3.82. The molecule has 5 nitrogen and oxygen atoms in total. The molecule has 1 unspecified atom stereocenters. The van der Waals surface area contributed by atoms with Gasteiger partial charge in [0.2, 0.25) is 0 Å². The highest BCUT2D eigenvalue weighted by Crippen LogP contribution is 2.13. The van der Waals surface area contributed by atoms with Crippen LogP contribution in [0.5, 0.6) is 0 Å². The van der Waals surface area contributed by atoms with Crippen molar-refractivity contribution in [2.45, 2.75) is 26.3 Å². The van der Waals surface area contributed by atoms with Gasteiger partial charge in [0.25, 0.3) is 5.91 Å². The molecule has 0 saturated carbocycles. The summed E-state index contributed by atoms with van der Waals surface area (Å²) in [6, 6.07) is 5.90. The number of amides is 1. The molecule has 1 atom stereocenters. The van der Waals surface area contributed by atoms with E-state index in [4.69, 9.17) is 5.26 Å². The van der Waals surface area contributed by atoms with Gasteiger partial charge in [-0.3, -0.25) is 14.7 Å². The summed E-state index contributed by atoms with van der Waals surface area (Å²) < 4.78 is 0. The summed E-state index contributed by atoms with van der Waals surface area (Å²) in [4.78, 5) is 20.6. The minimum absolute atomic E-state index is 0.0348. The Balaban J connectivity index is 1.99. The monoisotopic (exact) mass is 272 g/mol. The third kappa shape index (κ3) is 2.97. The minimum Gasteiger partial charge on any atom is -0.336 e. The molecule has 1 aromatic rings. The fourth-order valence-electron chi connectivity index (χ4n) is 2.55. The Morgan fingerprint density at radius 1 is 1.45 bits per heavy atom. The maximum atomic E-state index is 12.4. The van der Waals surface area contributed by atoms with Gasteiger partial charge < -0.3 is 4.90 Å². The number of piperazine rings is 1. The van der Waals surface area contributed by atoms with Gasteiger partial charge in [-0.05, 0) is 25.5 Å². The number of hydrogen-bond donors (Lipinski definition) is 0. The Morgan fingerprint density at radius 2 is 2.15 bits per heavy atom. The van der Waals surface area contributed by atoms with Crippen LogP contribution in [-0.4, -0.2) is 52.9 Å². The van der Waals surface area contributed by atoms with Gasteiger partial charge in [0.15, 0.2) is 0 Å². The Labute approximate surface area is 119 Å². The smallest absolute Gasteiger partial charge is 0.255 e. The summed E-state index contributed by atoms with van der Waals surface area (Å²) in [7, 11) is 0. The van der Waals surface area contributed by atoms with Crippen LogP contribution in [0, 0.1) is 18.3 Å². The molecule has 1 aromatic heterocycles. The largest absolute Gasteiger partial charge is 0.336 e. The van der Waals surface area contributed by atoms with E-state index in [-0.39, 0.29) is 11.9 Å². The molecule has 1 fully saturated rings. The molecule has 2 rings (SSSR count). The average Bonchev–Trinajstić information content (AvgIpc) is 2.49.